The van der Waals surface area contributed by atoms with Crippen LogP contribution < -0.4 is 5.32 Å². The van der Waals surface area contributed by atoms with Crippen molar-refractivity contribution in [2.45, 2.75) is 12.8 Å². The number of para-hydroxylation sites is 1. The first kappa shape index (κ1) is 18.1. The number of hydrogen-bond acceptors (Lipinski definition) is 4. The molecule has 0 saturated carbocycles. The third kappa shape index (κ3) is 3.70. The van der Waals surface area contributed by atoms with Gasteiger partial charge in [0.05, 0.1) is 16.1 Å². The molecule has 4 nitrogen and oxygen atoms in total. The lowest BCUT2D eigenvalue weighted by atomic mass is 9.95. The summed E-state index contributed by atoms with van der Waals surface area (Å²) in [6.45, 7) is 1.83. The molecular formula is C23H18N2O2S. The van der Waals surface area contributed by atoms with E-state index < -0.39 is 5.92 Å². The summed E-state index contributed by atoms with van der Waals surface area (Å²) in [7, 11) is 0. The molecule has 4 rings (SSSR count). The molecule has 0 bridgehead atoms. The summed E-state index contributed by atoms with van der Waals surface area (Å²) in [5.41, 5.74) is 2.86. The highest BCUT2D eigenvalue weighted by atomic mass is 32.1. The molecule has 1 unspecified atom stereocenters. The number of carbonyl (C=O) groups is 2. The van der Waals surface area contributed by atoms with E-state index in [-0.39, 0.29) is 11.7 Å². The Kier molecular flexibility index (Phi) is 5.00. The number of rotatable bonds is 5. The Hall–Kier alpha value is -3.31. The Labute approximate surface area is 166 Å². The fourth-order valence-corrected chi connectivity index (χ4v) is 3.86. The van der Waals surface area contributed by atoms with Gasteiger partial charge in [-0.3, -0.25) is 9.59 Å². The highest BCUT2D eigenvalue weighted by molar-refractivity contribution is 7.22. The fourth-order valence-electron chi connectivity index (χ4n) is 3.00. The summed E-state index contributed by atoms with van der Waals surface area (Å²) in [6, 6.07) is 24.1. The average molecular weight is 386 g/mol. The second kappa shape index (κ2) is 7.74. The maximum absolute atomic E-state index is 12.7. The molecule has 0 aliphatic rings. The highest BCUT2D eigenvalue weighted by Crippen LogP contribution is 2.27. The van der Waals surface area contributed by atoms with Crippen LogP contribution in [0.3, 0.4) is 0 Å². The number of carbonyl (C=O) groups excluding carboxylic acids is 2. The zero-order chi connectivity index (χ0) is 19.5. The molecule has 0 aliphatic carbocycles. The van der Waals surface area contributed by atoms with Gasteiger partial charge in [0, 0.05) is 11.1 Å². The Bertz CT molecular complexity index is 1120. The Morgan fingerprint density at radius 2 is 1.61 bits per heavy atom. The third-order valence-electron chi connectivity index (χ3n) is 4.60. The smallest absolute Gasteiger partial charge is 0.233 e. The van der Waals surface area contributed by atoms with Crippen molar-refractivity contribution in [3.63, 3.8) is 0 Å². The number of amides is 1. The summed E-state index contributed by atoms with van der Waals surface area (Å²) >= 11 is 1.45. The molecule has 5 heteroatoms. The van der Waals surface area contributed by atoms with Gasteiger partial charge in [0.2, 0.25) is 5.91 Å². The first-order chi connectivity index (χ1) is 13.6. The summed E-state index contributed by atoms with van der Waals surface area (Å²) in [5, 5.41) is 3.47. The first-order valence-corrected chi connectivity index (χ1v) is 9.79. The molecule has 1 aromatic heterocycles. The van der Waals surface area contributed by atoms with E-state index in [0.29, 0.717) is 16.3 Å². The van der Waals surface area contributed by atoms with Crippen LogP contribution in [0.15, 0.2) is 78.9 Å². The zero-order valence-corrected chi connectivity index (χ0v) is 16.1. The molecule has 0 saturated heterocycles. The maximum atomic E-state index is 12.7. The number of hydrogen-bond donors (Lipinski definition) is 1. The molecule has 0 spiro atoms. The van der Waals surface area contributed by atoms with Crippen molar-refractivity contribution < 1.29 is 9.59 Å². The second-order valence-electron chi connectivity index (χ2n) is 6.52. The van der Waals surface area contributed by atoms with Crippen LogP contribution in [0.4, 0.5) is 5.13 Å². The standard InChI is InChI=1S/C23H18N2O2S/c1-15(22(27)25-23-24-19-12-5-6-13-20(19)28-23)17-10-7-11-18(14-17)21(26)16-8-3-2-4-9-16/h2-15H,1H3,(H,24,25,27). The quantitative estimate of drug-likeness (QED) is 0.475. The highest BCUT2D eigenvalue weighted by Gasteiger charge is 2.19. The molecule has 138 valence electrons. The summed E-state index contributed by atoms with van der Waals surface area (Å²) in [5.74, 6) is -0.611. The van der Waals surface area contributed by atoms with Gasteiger partial charge in [-0.05, 0) is 30.7 Å². The van der Waals surface area contributed by atoms with Crippen LogP contribution in [0.1, 0.15) is 34.3 Å². The molecule has 1 N–H and O–H groups in total. The molecule has 0 fully saturated rings. The van der Waals surface area contributed by atoms with Crippen LogP contribution in [0.5, 0.6) is 0 Å². The monoisotopic (exact) mass is 386 g/mol. The molecule has 3 aromatic carbocycles. The summed E-state index contributed by atoms with van der Waals surface area (Å²) in [4.78, 5) is 29.8. The van der Waals surface area contributed by atoms with E-state index in [1.54, 1.807) is 24.3 Å². The van der Waals surface area contributed by atoms with E-state index in [9.17, 15) is 9.59 Å². The molecule has 0 aliphatic heterocycles. The Morgan fingerprint density at radius 3 is 2.39 bits per heavy atom. The number of nitrogens with one attached hydrogen (secondary N) is 1. The van der Waals surface area contributed by atoms with Gasteiger partial charge in [-0.1, -0.05) is 72.0 Å². The number of anilines is 1. The topological polar surface area (TPSA) is 59.1 Å². The third-order valence-corrected chi connectivity index (χ3v) is 5.55. The van der Waals surface area contributed by atoms with Gasteiger partial charge in [0.1, 0.15) is 0 Å². The molecule has 1 amide bonds. The van der Waals surface area contributed by atoms with Gasteiger partial charge in [-0.15, -0.1) is 0 Å². The van der Waals surface area contributed by atoms with Crippen LogP contribution >= 0.6 is 11.3 Å². The lowest BCUT2D eigenvalue weighted by Crippen LogP contribution is -2.19. The van der Waals surface area contributed by atoms with E-state index in [2.05, 4.69) is 10.3 Å². The molecule has 1 heterocycles. The van der Waals surface area contributed by atoms with Crippen LogP contribution in [0, 0.1) is 0 Å². The number of fused-ring (bicyclic) bond motifs is 1. The van der Waals surface area contributed by atoms with Gasteiger partial charge in [-0.2, -0.15) is 0 Å². The molecule has 0 radical (unpaired) electrons. The maximum Gasteiger partial charge on any atom is 0.233 e. The van der Waals surface area contributed by atoms with Crippen molar-refractivity contribution >= 4 is 38.4 Å². The predicted octanol–water partition coefficient (Wildman–Crippen LogP) is 5.27. The minimum atomic E-state index is -0.407. The normalized spacial score (nSPS) is 11.9. The summed E-state index contributed by atoms with van der Waals surface area (Å²) in [6.07, 6.45) is 0. The van der Waals surface area contributed by atoms with E-state index in [1.165, 1.54) is 11.3 Å². The molecule has 1 atom stereocenters. The van der Waals surface area contributed by atoms with Gasteiger partial charge < -0.3 is 5.32 Å². The lowest BCUT2D eigenvalue weighted by molar-refractivity contribution is -0.117. The number of ketones is 1. The SMILES string of the molecule is CC(C(=O)Nc1nc2ccccc2s1)c1cccc(C(=O)c2ccccc2)c1. The number of aromatic nitrogens is 1. The van der Waals surface area contributed by atoms with E-state index in [0.717, 1.165) is 15.8 Å². The van der Waals surface area contributed by atoms with Gasteiger partial charge in [0.25, 0.3) is 0 Å². The molecule has 4 aromatic rings. The Morgan fingerprint density at radius 1 is 0.893 bits per heavy atom. The Balaban J connectivity index is 1.53. The van der Waals surface area contributed by atoms with Crippen LogP contribution in [0.25, 0.3) is 10.2 Å². The van der Waals surface area contributed by atoms with Crippen LogP contribution in [0.2, 0.25) is 0 Å². The largest absolute Gasteiger partial charge is 0.301 e. The van der Waals surface area contributed by atoms with Gasteiger partial charge in [-0.25, -0.2) is 4.98 Å². The average Bonchev–Trinajstić information content (AvgIpc) is 3.15. The van der Waals surface area contributed by atoms with Crippen molar-refractivity contribution in [1.29, 1.82) is 0 Å². The van der Waals surface area contributed by atoms with Gasteiger partial charge in [0.15, 0.2) is 10.9 Å². The fraction of sp³-hybridized carbons (Fsp3) is 0.0870. The predicted molar refractivity (Wildman–Crippen MR) is 113 cm³/mol. The number of benzene rings is 3. The van der Waals surface area contributed by atoms with Gasteiger partial charge >= 0.3 is 0 Å². The van der Waals surface area contributed by atoms with E-state index in [4.69, 9.17) is 0 Å². The lowest BCUT2D eigenvalue weighted by Gasteiger charge is -2.12. The summed E-state index contributed by atoms with van der Waals surface area (Å²) < 4.78 is 1.03. The van der Waals surface area contributed by atoms with Crippen molar-refractivity contribution in [2.75, 3.05) is 5.32 Å². The van der Waals surface area contributed by atoms with Crippen molar-refractivity contribution in [2.24, 2.45) is 0 Å². The first-order valence-electron chi connectivity index (χ1n) is 8.98. The van der Waals surface area contributed by atoms with Crippen molar-refractivity contribution in [3.05, 3.63) is 95.6 Å². The minimum absolute atomic E-state index is 0.0544. The zero-order valence-electron chi connectivity index (χ0n) is 15.3. The van der Waals surface area contributed by atoms with E-state index >= 15 is 0 Å². The molecule has 28 heavy (non-hydrogen) atoms. The van der Waals surface area contributed by atoms with Crippen molar-refractivity contribution in [1.82, 2.24) is 4.98 Å². The van der Waals surface area contributed by atoms with Crippen LogP contribution in [-0.4, -0.2) is 16.7 Å². The number of nitrogens with zero attached hydrogens (tertiary/aromatic N) is 1. The minimum Gasteiger partial charge on any atom is -0.301 e. The van der Waals surface area contributed by atoms with E-state index in [1.807, 2.05) is 61.5 Å². The second-order valence-corrected chi connectivity index (χ2v) is 7.55. The van der Waals surface area contributed by atoms with Crippen molar-refractivity contribution in [3.8, 4) is 0 Å². The number of thiazole rings is 1. The van der Waals surface area contributed by atoms with Crippen LogP contribution in [-0.2, 0) is 4.79 Å². The molecular weight excluding hydrogens is 368 g/mol.